The number of rotatable bonds is 7. The zero-order valence-corrected chi connectivity index (χ0v) is 18.1. The molecule has 1 fully saturated rings. The van der Waals surface area contributed by atoms with Gasteiger partial charge in [0.1, 0.15) is 5.75 Å². The standard InChI is InChI=1S/C22H25ClFN5O2/c1-31-17-11-21-20(27-13-17)2-3-22(30)29(21)9-8-28-6-4-15(5-7-28)25-12-16-10-18(23)19(24)14-26-16/h2-3,10-11,13-15,25H,4-9,12H2,1H3. The van der Waals surface area contributed by atoms with Gasteiger partial charge < -0.3 is 19.5 Å². The summed E-state index contributed by atoms with van der Waals surface area (Å²) in [7, 11) is 1.59. The van der Waals surface area contributed by atoms with E-state index in [-0.39, 0.29) is 10.6 Å². The van der Waals surface area contributed by atoms with Crippen LogP contribution in [0.25, 0.3) is 11.0 Å². The molecule has 0 radical (unpaired) electrons. The highest BCUT2D eigenvalue weighted by Crippen LogP contribution is 2.18. The van der Waals surface area contributed by atoms with E-state index in [0.29, 0.717) is 24.9 Å². The van der Waals surface area contributed by atoms with Gasteiger partial charge in [-0.3, -0.25) is 14.8 Å². The van der Waals surface area contributed by atoms with Gasteiger partial charge in [-0.15, -0.1) is 0 Å². The van der Waals surface area contributed by atoms with Crippen LogP contribution >= 0.6 is 11.6 Å². The number of aromatic nitrogens is 3. The van der Waals surface area contributed by atoms with Crippen LogP contribution in [0, 0.1) is 5.82 Å². The van der Waals surface area contributed by atoms with E-state index >= 15 is 0 Å². The van der Waals surface area contributed by atoms with Crippen LogP contribution in [0.4, 0.5) is 4.39 Å². The molecule has 0 aliphatic carbocycles. The van der Waals surface area contributed by atoms with Gasteiger partial charge in [-0.05, 0) is 38.1 Å². The van der Waals surface area contributed by atoms with Gasteiger partial charge in [0, 0.05) is 37.8 Å². The second-order valence-electron chi connectivity index (χ2n) is 7.69. The summed E-state index contributed by atoms with van der Waals surface area (Å²) < 4.78 is 20.3. The summed E-state index contributed by atoms with van der Waals surface area (Å²) in [6.07, 6.45) is 4.80. The van der Waals surface area contributed by atoms with Crippen LogP contribution in [0.2, 0.25) is 5.02 Å². The van der Waals surface area contributed by atoms with Crippen molar-refractivity contribution in [3.63, 3.8) is 0 Å². The molecule has 164 valence electrons. The van der Waals surface area contributed by atoms with Crippen molar-refractivity contribution in [2.75, 3.05) is 26.7 Å². The van der Waals surface area contributed by atoms with Crippen LogP contribution in [-0.2, 0) is 13.1 Å². The molecule has 0 atom stereocenters. The molecule has 9 heteroatoms. The summed E-state index contributed by atoms with van der Waals surface area (Å²) >= 11 is 5.82. The Labute approximate surface area is 184 Å². The molecule has 3 aromatic rings. The molecular formula is C22H25ClFN5O2. The normalized spacial score (nSPS) is 15.5. The Morgan fingerprint density at radius 2 is 2.00 bits per heavy atom. The Balaban J connectivity index is 1.31. The first-order chi connectivity index (χ1) is 15.0. The van der Waals surface area contributed by atoms with Crippen LogP contribution in [-0.4, -0.2) is 52.2 Å². The van der Waals surface area contributed by atoms with E-state index in [9.17, 15) is 9.18 Å². The van der Waals surface area contributed by atoms with Crippen molar-refractivity contribution >= 4 is 22.6 Å². The smallest absolute Gasteiger partial charge is 0.251 e. The lowest BCUT2D eigenvalue weighted by Crippen LogP contribution is -2.43. The predicted molar refractivity (Wildman–Crippen MR) is 118 cm³/mol. The number of nitrogens with one attached hydrogen (secondary N) is 1. The SMILES string of the molecule is COc1cnc2ccc(=O)n(CCN3CCC(NCc4cc(Cl)c(F)cn4)CC3)c2c1. The minimum Gasteiger partial charge on any atom is -0.495 e. The van der Waals surface area contributed by atoms with Gasteiger partial charge in [0.25, 0.3) is 5.56 Å². The van der Waals surface area contributed by atoms with Crippen molar-refractivity contribution in [1.82, 2.24) is 24.8 Å². The quantitative estimate of drug-likeness (QED) is 0.603. The lowest BCUT2D eigenvalue weighted by atomic mass is 10.0. The van der Waals surface area contributed by atoms with Crippen LogP contribution in [0.3, 0.4) is 0 Å². The first kappa shape index (κ1) is 21.7. The van der Waals surface area contributed by atoms with Crippen molar-refractivity contribution in [2.45, 2.75) is 32.0 Å². The van der Waals surface area contributed by atoms with E-state index in [1.165, 1.54) is 0 Å². The van der Waals surface area contributed by atoms with Gasteiger partial charge in [-0.25, -0.2) is 4.39 Å². The van der Waals surface area contributed by atoms with E-state index in [1.807, 2.05) is 6.07 Å². The molecule has 1 aliphatic rings. The van der Waals surface area contributed by atoms with Crippen LogP contribution < -0.4 is 15.6 Å². The number of hydrogen-bond donors (Lipinski definition) is 1. The summed E-state index contributed by atoms with van der Waals surface area (Å²) in [5, 5.41) is 3.57. The fourth-order valence-corrected chi connectivity index (χ4v) is 4.07. The maximum atomic E-state index is 13.2. The third-order valence-corrected chi connectivity index (χ3v) is 6.00. The lowest BCUT2D eigenvalue weighted by molar-refractivity contribution is 0.191. The average molecular weight is 446 g/mol. The second-order valence-corrected chi connectivity index (χ2v) is 8.10. The molecule has 31 heavy (non-hydrogen) atoms. The highest BCUT2D eigenvalue weighted by molar-refractivity contribution is 6.30. The molecule has 0 aromatic carbocycles. The van der Waals surface area contributed by atoms with Crippen molar-refractivity contribution in [2.24, 2.45) is 0 Å². The summed E-state index contributed by atoms with van der Waals surface area (Å²) in [6, 6.07) is 7.10. The maximum Gasteiger partial charge on any atom is 0.251 e. The van der Waals surface area contributed by atoms with Crippen LogP contribution in [0.5, 0.6) is 5.75 Å². The third kappa shape index (κ3) is 5.20. The molecule has 0 saturated carbocycles. The lowest BCUT2D eigenvalue weighted by Gasteiger charge is -2.32. The zero-order valence-electron chi connectivity index (χ0n) is 17.4. The molecule has 0 bridgehead atoms. The molecule has 7 nitrogen and oxygen atoms in total. The molecule has 4 rings (SSSR count). The van der Waals surface area contributed by atoms with E-state index in [4.69, 9.17) is 16.3 Å². The number of hydrogen-bond acceptors (Lipinski definition) is 6. The van der Waals surface area contributed by atoms with Gasteiger partial charge in [-0.2, -0.15) is 0 Å². The Hall–Kier alpha value is -2.55. The van der Waals surface area contributed by atoms with Crippen molar-refractivity contribution in [1.29, 1.82) is 0 Å². The molecule has 1 N–H and O–H groups in total. The second kappa shape index (κ2) is 9.72. The number of fused-ring (bicyclic) bond motifs is 1. The minimum atomic E-state index is -0.502. The van der Waals surface area contributed by atoms with Gasteiger partial charge in [0.2, 0.25) is 0 Å². The van der Waals surface area contributed by atoms with E-state index in [2.05, 4.69) is 20.2 Å². The number of likely N-dealkylation sites (tertiary alicyclic amines) is 1. The number of methoxy groups -OCH3 is 1. The number of pyridine rings is 3. The molecule has 0 unspecified atom stereocenters. The fraction of sp³-hybridized carbons (Fsp3) is 0.409. The van der Waals surface area contributed by atoms with Crippen LogP contribution in [0.15, 0.2) is 41.5 Å². The van der Waals surface area contributed by atoms with Gasteiger partial charge in [-0.1, -0.05) is 11.6 Å². The van der Waals surface area contributed by atoms with Gasteiger partial charge in [0.05, 0.1) is 41.3 Å². The first-order valence-electron chi connectivity index (χ1n) is 10.3. The average Bonchev–Trinajstić information content (AvgIpc) is 2.79. The molecule has 0 spiro atoms. The molecular weight excluding hydrogens is 421 g/mol. The number of halogens is 2. The predicted octanol–water partition coefficient (Wildman–Crippen LogP) is 2.85. The van der Waals surface area contributed by atoms with E-state index < -0.39 is 5.82 Å². The van der Waals surface area contributed by atoms with Crippen LogP contribution in [0.1, 0.15) is 18.5 Å². The summed E-state index contributed by atoms with van der Waals surface area (Å²) in [5.74, 6) is 0.133. The highest BCUT2D eigenvalue weighted by atomic mass is 35.5. The Morgan fingerprint density at radius 3 is 2.74 bits per heavy atom. The largest absolute Gasteiger partial charge is 0.495 e. The van der Waals surface area contributed by atoms with Crippen molar-refractivity contribution in [3.8, 4) is 5.75 Å². The minimum absolute atomic E-state index is 0.0374. The van der Waals surface area contributed by atoms with E-state index in [1.54, 1.807) is 36.1 Å². The summed E-state index contributed by atoms with van der Waals surface area (Å²) in [5.41, 5.74) is 2.25. The zero-order chi connectivity index (χ0) is 21.8. The molecule has 1 aliphatic heterocycles. The number of ether oxygens (including phenoxy) is 1. The van der Waals surface area contributed by atoms with Crippen molar-refractivity contribution < 1.29 is 9.13 Å². The Kier molecular flexibility index (Phi) is 6.80. The molecule has 3 aromatic heterocycles. The Bertz CT molecular complexity index is 1110. The maximum absolute atomic E-state index is 13.2. The van der Waals surface area contributed by atoms with Crippen molar-refractivity contribution in [3.05, 3.63) is 63.5 Å². The molecule has 0 amide bonds. The summed E-state index contributed by atoms with van der Waals surface area (Å²) in [6.45, 7) is 3.83. The third-order valence-electron chi connectivity index (χ3n) is 5.71. The number of piperidine rings is 1. The molecule has 1 saturated heterocycles. The fourth-order valence-electron chi connectivity index (χ4n) is 3.89. The number of nitrogens with zero attached hydrogens (tertiary/aromatic N) is 4. The van der Waals surface area contributed by atoms with Gasteiger partial charge in [0.15, 0.2) is 5.82 Å². The first-order valence-corrected chi connectivity index (χ1v) is 10.7. The summed E-state index contributed by atoms with van der Waals surface area (Å²) in [4.78, 5) is 23.3. The van der Waals surface area contributed by atoms with E-state index in [0.717, 1.165) is 55.4 Å². The highest BCUT2D eigenvalue weighted by Gasteiger charge is 2.19. The Morgan fingerprint density at radius 1 is 1.19 bits per heavy atom. The monoisotopic (exact) mass is 445 g/mol. The topological polar surface area (TPSA) is 72.3 Å². The van der Waals surface area contributed by atoms with Gasteiger partial charge >= 0.3 is 0 Å². The molecule has 4 heterocycles.